The number of hydrogen-bond donors (Lipinski definition) is 2. The zero-order chi connectivity index (χ0) is 18.7. The van der Waals surface area contributed by atoms with Crippen molar-refractivity contribution in [1.82, 2.24) is 10.6 Å². The summed E-state index contributed by atoms with van der Waals surface area (Å²) in [5, 5.41) is 8.98. The van der Waals surface area contributed by atoms with Gasteiger partial charge in [-0.1, -0.05) is 19.9 Å². The van der Waals surface area contributed by atoms with Gasteiger partial charge in [-0.25, -0.2) is 0 Å². The number of aliphatic imine (C=N–C) groups is 1. The van der Waals surface area contributed by atoms with Gasteiger partial charge in [-0.05, 0) is 41.8 Å². The molecule has 2 rings (SSSR count). The van der Waals surface area contributed by atoms with Gasteiger partial charge in [-0.2, -0.15) is 0 Å². The molecule has 6 heteroatoms. The Bertz CT molecular complexity index is 579. The van der Waals surface area contributed by atoms with Crippen LogP contribution in [0.5, 0.6) is 0 Å². The van der Waals surface area contributed by atoms with Crippen LogP contribution in [0.4, 0.5) is 0 Å². The molecule has 2 heterocycles. The minimum Gasteiger partial charge on any atom is -0.469 e. The minimum atomic E-state index is 0.110. The zero-order valence-corrected chi connectivity index (χ0v) is 16.9. The van der Waals surface area contributed by atoms with Crippen LogP contribution in [0.25, 0.3) is 0 Å². The third-order valence-electron chi connectivity index (χ3n) is 4.14. The van der Waals surface area contributed by atoms with E-state index in [1.165, 1.54) is 4.88 Å². The molecule has 0 bridgehead atoms. The lowest BCUT2D eigenvalue weighted by Gasteiger charge is -2.22. The summed E-state index contributed by atoms with van der Waals surface area (Å²) in [6, 6.07) is 8.18. The first-order valence-corrected chi connectivity index (χ1v) is 10.0. The maximum Gasteiger partial charge on any atom is 0.191 e. The van der Waals surface area contributed by atoms with E-state index in [4.69, 9.17) is 14.1 Å². The van der Waals surface area contributed by atoms with Gasteiger partial charge in [-0.15, -0.1) is 11.3 Å². The molecule has 0 aliphatic rings. The maximum absolute atomic E-state index is 5.39. The molecular formula is C20H31N3O2S. The summed E-state index contributed by atoms with van der Waals surface area (Å²) in [6.45, 7) is 7.62. The van der Waals surface area contributed by atoms with Gasteiger partial charge in [0.05, 0.1) is 6.26 Å². The number of nitrogens with one attached hydrogen (secondary N) is 2. The SMILES string of the molecule is COCCC(C)(C)CN=C(NCCc1ccco1)NCCc1cccs1. The summed E-state index contributed by atoms with van der Waals surface area (Å²) in [5.74, 6) is 1.84. The van der Waals surface area contributed by atoms with Gasteiger partial charge >= 0.3 is 0 Å². The van der Waals surface area contributed by atoms with Crippen LogP contribution in [0.3, 0.4) is 0 Å². The Labute approximate surface area is 160 Å². The van der Waals surface area contributed by atoms with Gasteiger partial charge in [0.15, 0.2) is 5.96 Å². The molecule has 0 aromatic carbocycles. The number of methoxy groups -OCH3 is 1. The van der Waals surface area contributed by atoms with Crippen LogP contribution in [0.1, 0.15) is 30.9 Å². The number of hydrogen-bond acceptors (Lipinski definition) is 4. The van der Waals surface area contributed by atoms with E-state index in [1.54, 1.807) is 24.7 Å². The van der Waals surface area contributed by atoms with Crippen molar-refractivity contribution in [2.75, 3.05) is 33.4 Å². The lowest BCUT2D eigenvalue weighted by atomic mass is 9.90. The van der Waals surface area contributed by atoms with E-state index in [9.17, 15) is 0 Å². The molecule has 0 fully saturated rings. The summed E-state index contributed by atoms with van der Waals surface area (Å²) in [7, 11) is 1.74. The summed E-state index contributed by atoms with van der Waals surface area (Å²) in [5.41, 5.74) is 0.110. The molecule has 0 amide bonds. The van der Waals surface area contributed by atoms with Crippen molar-refractivity contribution in [3.63, 3.8) is 0 Å². The Hall–Kier alpha value is -1.79. The Kier molecular flexibility index (Phi) is 8.71. The first-order chi connectivity index (χ1) is 12.6. The molecular weight excluding hydrogens is 346 g/mol. The van der Waals surface area contributed by atoms with Crippen molar-refractivity contribution in [1.29, 1.82) is 0 Å². The highest BCUT2D eigenvalue weighted by atomic mass is 32.1. The van der Waals surface area contributed by atoms with Crippen LogP contribution in [0.2, 0.25) is 0 Å². The van der Waals surface area contributed by atoms with E-state index in [0.717, 1.165) is 57.2 Å². The Morgan fingerprint density at radius 2 is 2.00 bits per heavy atom. The highest BCUT2D eigenvalue weighted by molar-refractivity contribution is 7.09. The topological polar surface area (TPSA) is 58.8 Å². The maximum atomic E-state index is 5.39. The molecule has 0 aliphatic carbocycles. The quantitative estimate of drug-likeness (QED) is 0.463. The average molecular weight is 378 g/mol. The summed E-state index contributed by atoms with van der Waals surface area (Å²) in [4.78, 5) is 6.18. The molecule has 0 saturated carbocycles. The van der Waals surface area contributed by atoms with Crippen molar-refractivity contribution in [2.24, 2.45) is 10.4 Å². The first kappa shape index (κ1) is 20.5. The van der Waals surface area contributed by atoms with E-state index in [0.29, 0.717) is 0 Å². The second-order valence-corrected chi connectivity index (χ2v) is 8.12. The van der Waals surface area contributed by atoms with Crippen molar-refractivity contribution < 1.29 is 9.15 Å². The summed E-state index contributed by atoms with van der Waals surface area (Å²) in [6.07, 6.45) is 4.54. The Balaban J connectivity index is 1.84. The molecule has 0 radical (unpaired) electrons. The normalized spacial score (nSPS) is 12.3. The Morgan fingerprint density at radius 3 is 2.65 bits per heavy atom. The summed E-state index contributed by atoms with van der Waals surface area (Å²) < 4.78 is 10.6. The van der Waals surface area contributed by atoms with Gasteiger partial charge in [0.1, 0.15) is 5.76 Å². The number of furan rings is 1. The average Bonchev–Trinajstić information content (AvgIpc) is 3.31. The van der Waals surface area contributed by atoms with Crippen molar-refractivity contribution in [3.8, 4) is 0 Å². The monoisotopic (exact) mass is 377 g/mol. The van der Waals surface area contributed by atoms with Crippen molar-refractivity contribution in [3.05, 3.63) is 46.5 Å². The van der Waals surface area contributed by atoms with Crippen LogP contribution in [-0.4, -0.2) is 39.3 Å². The van der Waals surface area contributed by atoms with Crippen molar-refractivity contribution >= 4 is 17.3 Å². The molecule has 0 aliphatic heterocycles. The number of ether oxygens (including phenoxy) is 1. The van der Waals surface area contributed by atoms with Crippen LogP contribution in [0.15, 0.2) is 45.3 Å². The number of guanidine groups is 1. The number of rotatable bonds is 11. The number of thiophene rings is 1. The fourth-order valence-electron chi connectivity index (χ4n) is 2.44. The molecule has 144 valence electrons. The van der Waals surface area contributed by atoms with E-state index in [2.05, 4.69) is 42.0 Å². The van der Waals surface area contributed by atoms with E-state index in [-0.39, 0.29) is 5.41 Å². The second kappa shape index (κ2) is 11.0. The zero-order valence-electron chi connectivity index (χ0n) is 16.1. The Morgan fingerprint density at radius 1 is 1.19 bits per heavy atom. The van der Waals surface area contributed by atoms with E-state index >= 15 is 0 Å². The fourth-order valence-corrected chi connectivity index (χ4v) is 3.15. The molecule has 2 N–H and O–H groups in total. The lowest BCUT2D eigenvalue weighted by Crippen LogP contribution is -2.40. The van der Waals surface area contributed by atoms with Gasteiger partial charge in [0.2, 0.25) is 0 Å². The van der Waals surface area contributed by atoms with Gasteiger partial charge in [0, 0.05) is 44.6 Å². The summed E-state index contributed by atoms with van der Waals surface area (Å²) >= 11 is 1.79. The second-order valence-electron chi connectivity index (χ2n) is 7.08. The first-order valence-electron chi connectivity index (χ1n) is 9.15. The lowest BCUT2D eigenvalue weighted by molar-refractivity contribution is 0.155. The largest absolute Gasteiger partial charge is 0.469 e. The molecule has 26 heavy (non-hydrogen) atoms. The van der Waals surface area contributed by atoms with Crippen LogP contribution in [0, 0.1) is 5.41 Å². The van der Waals surface area contributed by atoms with Crippen LogP contribution >= 0.6 is 11.3 Å². The molecule has 0 unspecified atom stereocenters. The third-order valence-corrected chi connectivity index (χ3v) is 5.07. The highest BCUT2D eigenvalue weighted by Crippen LogP contribution is 2.20. The number of nitrogens with zero attached hydrogens (tertiary/aromatic N) is 1. The molecule has 5 nitrogen and oxygen atoms in total. The third kappa shape index (κ3) is 8.06. The molecule has 0 saturated heterocycles. The molecule has 2 aromatic rings. The van der Waals surface area contributed by atoms with Gasteiger partial charge < -0.3 is 19.8 Å². The van der Waals surface area contributed by atoms with Gasteiger partial charge in [0.25, 0.3) is 0 Å². The minimum absolute atomic E-state index is 0.110. The highest BCUT2D eigenvalue weighted by Gasteiger charge is 2.17. The van der Waals surface area contributed by atoms with Crippen molar-refractivity contribution in [2.45, 2.75) is 33.1 Å². The van der Waals surface area contributed by atoms with Crippen LogP contribution in [-0.2, 0) is 17.6 Å². The fraction of sp³-hybridized carbons (Fsp3) is 0.550. The molecule has 0 spiro atoms. The predicted octanol–water partition coefficient (Wildman–Crippen LogP) is 3.72. The molecule has 0 atom stereocenters. The smallest absolute Gasteiger partial charge is 0.191 e. The van der Waals surface area contributed by atoms with E-state index in [1.807, 2.05) is 12.1 Å². The van der Waals surface area contributed by atoms with Crippen LogP contribution < -0.4 is 10.6 Å². The van der Waals surface area contributed by atoms with E-state index < -0.39 is 0 Å². The standard InChI is InChI=1S/C20H31N3O2S/c1-20(2,10-14-24-3)16-23-19(21-11-8-17-6-4-13-25-17)22-12-9-18-7-5-15-26-18/h4-7,13,15H,8-12,14,16H2,1-3H3,(H2,21,22,23). The molecule has 2 aromatic heterocycles. The predicted molar refractivity (Wildman–Crippen MR) is 109 cm³/mol. The van der Waals surface area contributed by atoms with Gasteiger partial charge in [-0.3, -0.25) is 4.99 Å².